The van der Waals surface area contributed by atoms with Crippen molar-refractivity contribution in [3.63, 3.8) is 0 Å². The molecule has 88 valence electrons. The number of nitrogens with two attached hydrogens (primary N) is 1. The molecule has 0 radical (unpaired) electrons. The van der Waals surface area contributed by atoms with E-state index >= 15 is 0 Å². The fraction of sp³-hybridized carbons (Fsp3) is 0.111. The van der Waals surface area contributed by atoms with E-state index in [4.69, 9.17) is 10.3 Å². The number of halogens is 1. The second kappa shape index (κ2) is 4.26. The van der Waals surface area contributed by atoms with Gasteiger partial charge < -0.3 is 10.3 Å². The van der Waals surface area contributed by atoms with Gasteiger partial charge in [0.15, 0.2) is 5.82 Å². The third-order valence-electron chi connectivity index (χ3n) is 2.04. The van der Waals surface area contributed by atoms with Crippen LogP contribution in [0.4, 0.5) is 10.1 Å². The molecule has 2 N–H and O–H groups in total. The molecule has 0 aliphatic carbocycles. The Morgan fingerprint density at radius 3 is 2.88 bits per heavy atom. The predicted molar refractivity (Wildman–Crippen MR) is 54.2 cm³/mol. The van der Waals surface area contributed by atoms with E-state index in [9.17, 15) is 14.5 Å². The van der Waals surface area contributed by atoms with Crippen molar-refractivity contribution in [1.82, 2.24) is 10.1 Å². The highest BCUT2D eigenvalue weighted by Crippen LogP contribution is 2.28. The number of rotatable bonds is 3. The molecule has 0 saturated carbocycles. The third-order valence-corrected chi connectivity index (χ3v) is 2.04. The quantitative estimate of drug-likeness (QED) is 0.636. The second-order valence-corrected chi connectivity index (χ2v) is 3.14. The van der Waals surface area contributed by atoms with Crippen LogP contribution in [0.2, 0.25) is 0 Å². The Labute approximate surface area is 94.2 Å². The average Bonchev–Trinajstić information content (AvgIpc) is 2.77. The minimum atomic E-state index is -0.718. The molecule has 8 heteroatoms. The van der Waals surface area contributed by atoms with Gasteiger partial charge in [-0.05, 0) is 12.1 Å². The van der Waals surface area contributed by atoms with Gasteiger partial charge in [-0.2, -0.15) is 4.98 Å². The molecule has 0 amide bonds. The van der Waals surface area contributed by atoms with E-state index in [1.165, 1.54) is 6.07 Å². The Balaban J connectivity index is 2.54. The maximum atomic E-state index is 12.9. The predicted octanol–water partition coefficient (Wildman–Crippen LogP) is 1.24. The molecule has 0 spiro atoms. The lowest BCUT2D eigenvalue weighted by molar-refractivity contribution is -0.384. The molecule has 1 aromatic heterocycles. The normalized spacial score (nSPS) is 10.5. The first-order chi connectivity index (χ1) is 8.11. The maximum Gasteiger partial charge on any atom is 0.285 e. The molecule has 0 unspecified atom stereocenters. The van der Waals surface area contributed by atoms with Gasteiger partial charge in [0, 0.05) is 0 Å². The fourth-order valence-electron chi connectivity index (χ4n) is 1.28. The largest absolute Gasteiger partial charge is 0.334 e. The first kappa shape index (κ1) is 11.1. The molecule has 0 atom stereocenters. The zero-order valence-electron chi connectivity index (χ0n) is 8.46. The van der Waals surface area contributed by atoms with E-state index < -0.39 is 16.4 Å². The fourth-order valence-corrected chi connectivity index (χ4v) is 1.28. The molecule has 0 bridgehead atoms. The number of nitro groups is 1. The summed E-state index contributed by atoms with van der Waals surface area (Å²) in [5, 5.41) is 14.3. The summed E-state index contributed by atoms with van der Waals surface area (Å²) in [6.07, 6.45) is 0. The smallest absolute Gasteiger partial charge is 0.285 e. The van der Waals surface area contributed by atoms with Crippen LogP contribution in [0.1, 0.15) is 5.82 Å². The van der Waals surface area contributed by atoms with Crippen molar-refractivity contribution in [1.29, 1.82) is 0 Å². The van der Waals surface area contributed by atoms with Crippen LogP contribution in [-0.4, -0.2) is 15.1 Å². The van der Waals surface area contributed by atoms with E-state index in [-0.39, 0.29) is 23.8 Å². The van der Waals surface area contributed by atoms with Crippen molar-refractivity contribution >= 4 is 5.69 Å². The molecule has 0 saturated heterocycles. The van der Waals surface area contributed by atoms with Gasteiger partial charge in [0.05, 0.1) is 17.5 Å². The Hall–Kier alpha value is -2.35. The SMILES string of the molecule is NCc1noc(-c2ccc(F)cc2[N+](=O)[O-])n1. The number of benzene rings is 1. The first-order valence-corrected chi connectivity index (χ1v) is 4.59. The highest BCUT2D eigenvalue weighted by molar-refractivity contribution is 5.66. The van der Waals surface area contributed by atoms with Crippen LogP contribution in [0.3, 0.4) is 0 Å². The second-order valence-electron chi connectivity index (χ2n) is 3.14. The Morgan fingerprint density at radius 1 is 1.53 bits per heavy atom. The van der Waals surface area contributed by atoms with E-state index in [0.29, 0.717) is 0 Å². The maximum absolute atomic E-state index is 12.9. The zero-order valence-corrected chi connectivity index (χ0v) is 8.46. The van der Waals surface area contributed by atoms with Crippen LogP contribution in [0.25, 0.3) is 11.5 Å². The molecule has 1 aromatic carbocycles. The molecule has 2 rings (SSSR count). The number of nitro benzene ring substituents is 1. The third kappa shape index (κ3) is 2.11. The molecule has 2 aromatic rings. The van der Waals surface area contributed by atoms with Gasteiger partial charge in [-0.3, -0.25) is 10.1 Å². The molecule has 0 aliphatic rings. The van der Waals surface area contributed by atoms with Crippen LogP contribution in [0.5, 0.6) is 0 Å². The minimum Gasteiger partial charge on any atom is -0.334 e. The monoisotopic (exact) mass is 238 g/mol. The Bertz CT molecular complexity index is 569. The first-order valence-electron chi connectivity index (χ1n) is 4.59. The van der Waals surface area contributed by atoms with Crippen LogP contribution < -0.4 is 5.73 Å². The molecular formula is C9H7FN4O3. The lowest BCUT2D eigenvalue weighted by Gasteiger charge is -1.97. The van der Waals surface area contributed by atoms with E-state index in [1.807, 2.05) is 0 Å². The van der Waals surface area contributed by atoms with Gasteiger partial charge >= 0.3 is 0 Å². The summed E-state index contributed by atoms with van der Waals surface area (Å²) < 4.78 is 17.7. The number of aromatic nitrogens is 2. The average molecular weight is 238 g/mol. The van der Waals surface area contributed by atoms with Crippen LogP contribution in [0, 0.1) is 15.9 Å². The van der Waals surface area contributed by atoms with Crippen molar-refractivity contribution in [2.24, 2.45) is 5.73 Å². The zero-order chi connectivity index (χ0) is 12.4. The number of hydrogen-bond acceptors (Lipinski definition) is 6. The summed E-state index contributed by atoms with van der Waals surface area (Å²) in [5.41, 5.74) is 4.91. The van der Waals surface area contributed by atoms with Gasteiger partial charge in [-0.15, -0.1) is 0 Å². The summed E-state index contributed by atoms with van der Waals surface area (Å²) in [6, 6.07) is 3.08. The van der Waals surface area contributed by atoms with Crippen molar-refractivity contribution < 1.29 is 13.8 Å². The molecule has 17 heavy (non-hydrogen) atoms. The highest BCUT2D eigenvalue weighted by Gasteiger charge is 2.21. The summed E-state index contributed by atoms with van der Waals surface area (Å²) in [6.45, 7) is 0.0541. The highest BCUT2D eigenvalue weighted by atomic mass is 19.1. The van der Waals surface area contributed by atoms with Gasteiger partial charge in [-0.1, -0.05) is 5.16 Å². The number of nitrogens with zero attached hydrogens (tertiary/aromatic N) is 3. The molecule has 0 aliphatic heterocycles. The number of hydrogen-bond donors (Lipinski definition) is 1. The summed E-state index contributed by atoms with van der Waals surface area (Å²) >= 11 is 0. The molecule has 0 fully saturated rings. The Kier molecular flexibility index (Phi) is 2.79. The van der Waals surface area contributed by atoms with Gasteiger partial charge in [0.1, 0.15) is 11.4 Å². The molecular weight excluding hydrogens is 231 g/mol. The minimum absolute atomic E-state index is 0.0541. The summed E-state index contributed by atoms with van der Waals surface area (Å²) in [7, 11) is 0. The lowest BCUT2D eigenvalue weighted by Crippen LogP contribution is -1.98. The van der Waals surface area contributed by atoms with Crippen LogP contribution >= 0.6 is 0 Å². The molecule has 1 heterocycles. The summed E-state index contributed by atoms with van der Waals surface area (Å²) in [5.74, 6) is -0.546. The van der Waals surface area contributed by atoms with Crippen LogP contribution in [-0.2, 0) is 6.54 Å². The van der Waals surface area contributed by atoms with E-state index in [0.717, 1.165) is 12.1 Å². The van der Waals surface area contributed by atoms with Crippen molar-refractivity contribution in [2.75, 3.05) is 0 Å². The standard InChI is InChI=1S/C9H7FN4O3/c10-5-1-2-6(7(3-5)14(15)16)9-12-8(4-11)13-17-9/h1-3H,4,11H2. The topological polar surface area (TPSA) is 108 Å². The van der Waals surface area contributed by atoms with Crippen molar-refractivity contribution in [2.45, 2.75) is 6.54 Å². The van der Waals surface area contributed by atoms with Crippen LogP contribution in [0.15, 0.2) is 22.7 Å². The van der Waals surface area contributed by atoms with Gasteiger partial charge in [0.2, 0.25) is 0 Å². The summed E-state index contributed by atoms with van der Waals surface area (Å²) in [4.78, 5) is 13.9. The van der Waals surface area contributed by atoms with Gasteiger partial charge in [0.25, 0.3) is 11.6 Å². The van der Waals surface area contributed by atoms with Gasteiger partial charge in [-0.25, -0.2) is 4.39 Å². The molecule has 7 nitrogen and oxygen atoms in total. The Morgan fingerprint density at radius 2 is 2.29 bits per heavy atom. The van der Waals surface area contributed by atoms with Crippen molar-refractivity contribution in [3.8, 4) is 11.5 Å². The van der Waals surface area contributed by atoms with E-state index in [1.54, 1.807) is 0 Å². The van der Waals surface area contributed by atoms with E-state index in [2.05, 4.69) is 10.1 Å². The van der Waals surface area contributed by atoms with Crippen molar-refractivity contribution in [3.05, 3.63) is 40.0 Å². The lowest BCUT2D eigenvalue weighted by atomic mass is 10.2.